The number of carbonyl (C=O) groups excluding carboxylic acids is 1. The summed E-state index contributed by atoms with van der Waals surface area (Å²) in [5.74, 6) is 2.52. The molecular formula is C16H16N2O. The first-order valence-corrected chi connectivity index (χ1v) is 6.19. The Kier molecular flexibility index (Phi) is 4.04. The Morgan fingerprint density at radius 3 is 2.79 bits per heavy atom. The second kappa shape index (κ2) is 5.92. The Hall–Kier alpha value is -2.47. The highest BCUT2D eigenvalue weighted by Crippen LogP contribution is 2.22. The van der Waals surface area contributed by atoms with Crippen molar-refractivity contribution >= 4 is 22.5 Å². The van der Waals surface area contributed by atoms with Gasteiger partial charge in [0.2, 0.25) is 0 Å². The standard InChI is InChI=1S/C16H16N2O/c1-3-7-12(2)17-16(19)18-15-11-6-9-13-8-4-5-10-14(13)15/h1,4-6,8-12H,7H2,2H3,(H2,17,18,19). The van der Waals surface area contributed by atoms with Gasteiger partial charge >= 0.3 is 6.03 Å². The van der Waals surface area contributed by atoms with Crippen molar-refractivity contribution in [3.63, 3.8) is 0 Å². The van der Waals surface area contributed by atoms with Gasteiger partial charge in [-0.15, -0.1) is 12.3 Å². The number of amides is 2. The van der Waals surface area contributed by atoms with Crippen molar-refractivity contribution in [2.24, 2.45) is 0 Å². The number of carbonyl (C=O) groups is 1. The Bertz CT molecular complexity index is 623. The first-order chi connectivity index (χ1) is 9.20. The highest BCUT2D eigenvalue weighted by atomic mass is 16.2. The van der Waals surface area contributed by atoms with Crippen LogP contribution < -0.4 is 10.6 Å². The van der Waals surface area contributed by atoms with Crippen LogP contribution in [0.5, 0.6) is 0 Å². The summed E-state index contributed by atoms with van der Waals surface area (Å²) in [4.78, 5) is 11.9. The Balaban J connectivity index is 2.13. The molecule has 0 radical (unpaired) electrons. The zero-order valence-electron chi connectivity index (χ0n) is 10.8. The van der Waals surface area contributed by atoms with E-state index in [0.717, 1.165) is 16.5 Å². The van der Waals surface area contributed by atoms with Crippen LogP contribution in [0.25, 0.3) is 10.8 Å². The van der Waals surface area contributed by atoms with Crippen LogP contribution in [0.1, 0.15) is 13.3 Å². The van der Waals surface area contributed by atoms with Crippen LogP contribution in [0.15, 0.2) is 42.5 Å². The molecule has 2 amide bonds. The minimum atomic E-state index is -0.237. The molecule has 1 atom stereocenters. The van der Waals surface area contributed by atoms with Crippen LogP contribution in [0.3, 0.4) is 0 Å². The lowest BCUT2D eigenvalue weighted by Crippen LogP contribution is -2.35. The van der Waals surface area contributed by atoms with E-state index in [9.17, 15) is 4.79 Å². The van der Waals surface area contributed by atoms with Crippen LogP contribution in [0.4, 0.5) is 10.5 Å². The second-order valence-corrected chi connectivity index (χ2v) is 4.43. The molecule has 0 heterocycles. The third-order valence-electron chi connectivity index (χ3n) is 2.84. The van der Waals surface area contributed by atoms with Gasteiger partial charge < -0.3 is 10.6 Å². The molecule has 2 aromatic rings. The molecule has 1 unspecified atom stereocenters. The number of terminal acetylenes is 1. The summed E-state index contributed by atoms with van der Waals surface area (Å²) in [5.41, 5.74) is 0.795. The molecule has 2 aromatic carbocycles. The molecule has 96 valence electrons. The zero-order valence-corrected chi connectivity index (χ0v) is 10.8. The van der Waals surface area contributed by atoms with Gasteiger partial charge in [0.05, 0.1) is 5.69 Å². The number of nitrogens with one attached hydrogen (secondary N) is 2. The van der Waals surface area contributed by atoms with Crippen LogP contribution in [0, 0.1) is 12.3 Å². The van der Waals surface area contributed by atoms with Gasteiger partial charge in [0.1, 0.15) is 0 Å². The Morgan fingerprint density at radius 1 is 1.26 bits per heavy atom. The van der Waals surface area contributed by atoms with E-state index < -0.39 is 0 Å². The number of fused-ring (bicyclic) bond motifs is 1. The predicted octanol–water partition coefficient (Wildman–Crippen LogP) is 3.37. The smallest absolute Gasteiger partial charge is 0.319 e. The SMILES string of the molecule is C#CCC(C)NC(=O)Nc1cccc2ccccc12. The van der Waals surface area contributed by atoms with Gasteiger partial charge in [-0.1, -0.05) is 36.4 Å². The molecule has 2 N–H and O–H groups in total. The number of anilines is 1. The summed E-state index contributed by atoms with van der Waals surface area (Å²) in [6.45, 7) is 1.88. The van der Waals surface area contributed by atoms with Crippen LogP contribution in [-0.4, -0.2) is 12.1 Å². The van der Waals surface area contributed by atoms with E-state index in [1.54, 1.807) is 0 Å². The van der Waals surface area contributed by atoms with Crippen molar-refractivity contribution in [3.8, 4) is 12.3 Å². The van der Waals surface area contributed by atoms with Crippen molar-refractivity contribution in [3.05, 3.63) is 42.5 Å². The summed E-state index contributed by atoms with van der Waals surface area (Å²) in [6, 6.07) is 13.5. The average molecular weight is 252 g/mol. The molecule has 19 heavy (non-hydrogen) atoms. The quantitative estimate of drug-likeness (QED) is 0.808. The molecule has 0 saturated heterocycles. The average Bonchev–Trinajstić information content (AvgIpc) is 2.39. The second-order valence-electron chi connectivity index (χ2n) is 4.43. The van der Waals surface area contributed by atoms with Crippen molar-refractivity contribution in [1.82, 2.24) is 5.32 Å². The van der Waals surface area contributed by atoms with Crippen LogP contribution >= 0.6 is 0 Å². The normalized spacial score (nSPS) is 11.6. The maximum atomic E-state index is 11.9. The van der Waals surface area contributed by atoms with E-state index in [2.05, 4.69) is 16.6 Å². The summed E-state index contributed by atoms with van der Waals surface area (Å²) in [6.07, 6.45) is 5.73. The molecule has 2 rings (SSSR count). The molecule has 3 nitrogen and oxygen atoms in total. The van der Waals surface area contributed by atoms with Gasteiger partial charge in [0.25, 0.3) is 0 Å². The van der Waals surface area contributed by atoms with E-state index in [-0.39, 0.29) is 12.1 Å². The molecule has 3 heteroatoms. The first kappa shape index (κ1) is 13.0. The third kappa shape index (κ3) is 3.26. The van der Waals surface area contributed by atoms with Crippen molar-refractivity contribution in [1.29, 1.82) is 0 Å². The number of hydrogen-bond donors (Lipinski definition) is 2. The molecule has 0 fully saturated rings. The van der Waals surface area contributed by atoms with E-state index in [1.807, 2.05) is 49.4 Å². The third-order valence-corrected chi connectivity index (χ3v) is 2.84. The van der Waals surface area contributed by atoms with Gasteiger partial charge in [0, 0.05) is 17.8 Å². The van der Waals surface area contributed by atoms with E-state index >= 15 is 0 Å². The van der Waals surface area contributed by atoms with E-state index in [1.165, 1.54) is 0 Å². The summed E-state index contributed by atoms with van der Waals surface area (Å²) in [7, 11) is 0. The van der Waals surface area contributed by atoms with Gasteiger partial charge in [-0.05, 0) is 18.4 Å². The summed E-state index contributed by atoms with van der Waals surface area (Å²) < 4.78 is 0. The molecule has 0 aliphatic carbocycles. The Labute approximate surface area is 113 Å². The first-order valence-electron chi connectivity index (χ1n) is 6.19. The summed E-state index contributed by atoms with van der Waals surface area (Å²) >= 11 is 0. The molecule has 0 aliphatic rings. The molecular weight excluding hydrogens is 236 g/mol. The molecule has 0 aromatic heterocycles. The van der Waals surface area contributed by atoms with Crippen LogP contribution in [0.2, 0.25) is 0 Å². The van der Waals surface area contributed by atoms with Crippen LogP contribution in [-0.2, 0) is 0 Å². The molecule has 0 aliphatic heterocycles. The lowest BCUT2D eigenvalue weighted by atomic mass is 10.1. The number of hydrogen-bond acceptors (Lipinski definition) is 1. The minimum absolute atomic E-state index is 0.0417. The fourth-order valence-corrected chi connectivity index (χ4v) is 1.94. The lowest BCUT2D eigenvalue weighted by Gasteiger charge is -2.13. The predicted molar refractivity (Wildman–Crippen MR) is 79.0 cm³/mol. The lowest BCUT2D eigenvalue weighted by molar-refractivity contribution is 0.249. The Morgan fingerprint density at radius 2 is 2.00 bits per heavy atom. The van der Waals surface area contributed by atoms with Crippen molar-refractivity contribution in [2.45, 2.75) is 19.4 Å². The maximum Gasteiger partial charge on any atom is 0.319 e. The highest BCUT2D eigenvalue weighted by Gasteiger charge is 2.07. The molecule has 0 bridgehead atoms. The number of rotatable bonds is 3. The number of benzene rings is 2. The van der Waals surface area contributed by atoms with Crippen molar-refractivity contribution < 1.29 is 4.79 Å². The fraction of sp³-hybridized carbons (Fsp3) is 0.188. The van der Waals surface area contributed by atoms with E-state index in [4.69, 9.17) is 6.42 Å². The van der Waals surface area contributed by atoms with Gasteiger partial charge in [-0.25, -0.2) is 4.79 Å². The van der Waals surface area contributed by atoms with Crippen molar-refractivity contribution in [2.75, 3.05) is 5.32 Å². The number of urea groups is 1. The fourth-order valence-electron chi connectivity index (χ4n) is 1.94. The van der Waals surface area contributed by atoms with Gasteiger partial charge in [-0.2, -0.15) is 0 Å². The maximum absolute atomic E-state index is 11.9. The molecule has 0 spiro atoms. The van der Waals surface area contributed by atoms with E-state index in [0.29, 0.717) is 6.42 Å². The molecule has 0 saturated carbocycles. The largest absolute Gasteiger partial charge is 0.334 e. The van der Waals surface area contributed by atoms with Gasteiger partial charge in [-0.3, -0.25) is 0 Å². The summed E-state index contributed by atoms with van der Waals surface area (Å²) in [5, 5.41) is 7.77. The minimum Gasteiger partial charge on any atom is -0.334 e. The monoisotopic (exact) mass is 252 g/mol. The highest BCUT2D eigenvalue weighted by molar-refractivity contribution is 6.01. The zero-order chi connectivity index (χ0) is 13.7. The topological polar surface area (TPSA) is 41.1 Å². The van der Waals surface area contributed by atoms with Gasteiger partial charge in [0.15, 0.2) is 0 Å².